The first-order valence-electron chi connectivity index (χ1n) is 8.19. The van der Waals surface area contributed by atoms with Crippen molar-refractivity contribution in [2.75, 3.05) is 11.9 Å². The van der Waals surface area contributed by atoms with Crippen molar-refractivity contribution in [2.24, 2.45) is 5.92 Å². The van der Waals surface area contributed by atoms with E-state index in [1.165, 1.54) is 19.3 Å². The predicted molar refractivity (Wildman–Crippen MR) is 86.7 cm³/mol. The summed E-state index contributed by atoms with van der Waals surface area (Å²) in [7, 11) is 0. The number of pyridine rings is 1. The topological polar surface area (TPSA) is 54.0 Å². The Morgan fingerprint density at radius 2 is 2.05 bits per heavy atom. The molecule has 0 aliphatic heterocycles. The Labute approximate surface area is 127 Å². The number of carbonyl (C=O) groups is 1. The molecule has 1 saturated carbocycles. The molecular weight excluding hydrogens is 262 g/mol. The van der Waals surface area contributed by atoms with Gasteiger partial charge in [-0.05, 0) is 44.2 Å². The highest BCUT2D eigenvalue weighted by molar-refractivity contribution is 5.95. The number of rotatable bonds is 5. The number of hydrogen-bond donors (Lipinski definition) is 2. The van der Waals surface area contributed by atoms with Crippen molar-refractivity contribution in [3.05, 3.63) is 23.4 Å². The van der Waals surface area contributed by atoms with Gasteiger partial charge in [0.2, 0.25) is 0 Å². The molecule has 0 bridgehead atoms. The van der Waals surface area contributed by atoms with Crippen LogP contribution in [-0.2, 0) is 6.42 Å². The lowest BCUT2D eigenvalue weighted by molar-refractivity contribution is 0.0910. The summed E-state index contributed by atoms with van der Waals surface area (Å²) in [5.41, 5.74) is 1.67. The van der Waals surface area contributed by atoms with Crippen molar-refractivity contribution in [3.63, 3.8) is 0 Å². The van der Waals surface area contributed by atoms with Crippen LogP contribution in [0.25, 0.3) is 0 Å². The molecule has 1 aromatic heterocycles. The van der Waals surface area contributed by atoms with E-state index in [9.17, 15) is 4.79 Å². The lowest BCUT2D eigenvalue weighted by Crippen LogP contribution is -2.41. The van der Waals surface area contributed by atoms with Gasteiger partial charge in [-0.15, -0.1) is 0 Å². The van der Waals surface area contributed by atoms with Gasteiger partial charge < -0.3 is 10.6 Å². The molecule has 1 aliphatic rings. The maximum Gasteiger partial charge on any atom is 0.251 e. The Bertz CT molecular complexity index is 487. The second-order valence-electron chi connectivity index (χ2n) is 5.96. The minimum Gasteiger partial charge on any atom is -0.370 e. The lowest BCUT2D eigenvalue weighted by Gasteiger charge is -2.29. The zero-order valence-electron chi connectivity index (χ0n) is 13.4. The molecule has 1 fully saturated rings. The molecule has 1 heterocycles. The maximum atomic E-state index is 12.5. The highest BCUT2D eigenvalue weighted by Gasteiger charge is 2.23. The van der Waals surface area contributed by atoms with Crippen molar-refractivity contribution in [2.45, 2.75) is 58.9 Å². The summed E-state index contributed by atoms with van der Waals surface area (Å²) in [5.74, 6) is 1.40. The van der Waals surface area contributed by atoms with E-state index in [1.807, 2.05) is 19.1 Å². The summed E-state index contributed by atoms with van der Waals surface area (Å²) in [6.45, 7) is 7.13. The quantitative estimate of drug-likeness (QED) is 0.873. The molecule has 2 N–H and O–H groups in total. The molecule has 4 heteroatoms. The van der Waals surface area contributed by atoms with Gasteiger partial charge in [0.1, 0.15) is 5.82 Å². The molecule has 2 rings (SSSR count). The van der Waals surface area contributed by atoms with Crippen LogP contribution in [0, 0.1) is 5.92 Å². The molecule has 0 aromatic carbocycles. The van der Waals surface area contributed by atoms with Crippen LogP contribution >= 0.6 is 0 Å². The predicted octanol–water partition coefficient (Wildman–Crippen LogP) is 3.38. The van der Waals surface area contributed by atoms with Crippen molar-refractivity contribution in [1.29, 1.82) is 0 Å². The van der Waals surface area contributed by atoms with Gasteiger partial charge in [0, 0.05) is 23.8 Å². The van der Waals surface area contributed by atoms with Crippen molar-refractivity contribution >= 4 is 11.7 Å². The number of aromatic nitrogens is 1. The number of amides is 1. The van der Waals surface area contributed by atoms with Gasteiger partial charge in [0.25, 0.3) is 5.91 Å². The first-order chi connectivity index (χ1) is 10.1. The molecule has 1 aromatic rings. The van der Waals surface area contributed by atoms with E-state index in [-0.39, 0.29) is 5.91 Å². The van der Waals surface area contributed by atoms with E-state index < -0.39 is 0 Å². The van der Waals surface area contributed by atoms with Gasteiger partial charge in [0.15, 0.2) is 0 Å². The third kappa shape index (κ3) is 4.19. The van der Waals surface area contributed by atoms with E-state index >= 15 is 0 Å². The van der Waals surface area contributed by atoms with Crippen molar-refractivity contribution in [3.8, 4) is 0 Å². The van der Waals surface area contributed by atoms with E-state index in [4.69, 9.17) is 0 Å². The first kappa shape index (κ1) is 15.8. The van der Waals surface area contributed by atoms with E-state index in [2.05, 4.69) is 29.5 Å². The van der Waals surface area contributed by atoms with Crippen LogP contribution < -0.4 is 10.6 Å². The van der Waals surface area contributed by atoms with E-state index in [1.54, 1.807) is 0 Å². The number of carbonyl (C=O) groups excluding carboxylic acids is 1. The smallest absolute Gasteiger partial charge is 0.251 e. The molecule has 21 heavy (non-hydrogen) atoms. The monoisotopic (exact) mass is 289 g/mol. The van der Waals surface area contributed by atoms with Crippen LogP contribution in [0.15, 0.2) is 12.1 Å². The van der Waals surface area contributed by atoms with Crippen molar-refractivity contribution < 1.29 is 4.79 Å². The Hall–Kier alpha value is -1.58. The highest BCUT2D eigenvalue weighted by Crippen LogP contribution is 2.24. The molecule has 1 aliphatic carbocycles. The normalized spacial score (nSPS) is 21.9. The zero-order chi connectivity index (χ0) is 15.2. The summed E-state index contributed by atoms with van der Waals surface area (Å²) in [5, 5.41) is 6.41. The molecule has 0 radical (unpaired) electrons. The number of nitrogens with zero attached hydrogens (tertiary/aromatic N) is 1. The third-order valence-corrected chi connectivity index (χ3v) is 4.29. The third-order valence-electron chi connectivity index (χ3n) is 4.29. The minimum atomic E-state index is 0.0324. The average Bonchev–Trinajstić information content (AvgIpc) is 2.49. The van der Waals surface area contributed by atoms with Crippen LogP contribution in [0.2, 0.25) is 0 Å². The summed E-state index contributed by atoms with van der Waals surface area (Å²) >= 11 is 0. The fourth-order valence-corrected chi connectivity index (χ4v) is 2.95. The molecule has 4 nitrogen and oxygen atoms in total. The Morgan fingerprint density at radius 3 is 2.71 bits per heavy atom. The number of anilines is 1. The van der Waals surface area contributed by atoms with Gasteiger partial charge in [-0.25, -0.2) is 4.98 Å². The SMILES string of the molecule is CCNc1cc(C(=O)NC2CCCCC2C)cc(CC)n1. The van der Waals surface area contributed by atoms with Crippen LogP contribution in [0.3, 0.4) is 0 Å². The fraction of sp³-hybridized carbons (Fsp3) is 0.647. The summed E-state index contributed by atoms with van der Waals surface area (Å²) < 4.78 is 0. The molecular formula is C17H27N3O. The fourth-order valence-electron chi connectivity index (χ4n) is 2.95. The molecule has 116 valence electrons. The number of aryl methyl sites for hydroxylation is 1. The average molecular weight is 289 g/mol. The lowest BCUT2D eigenvalue weighted by atomic mass is 9.86. The number of hydrogen-bond acceptors (Lipinski definition) is 3. The Kier molecular flexibility index (Phi) is 5.59. The summed E-state index contributed by atoms with van der Waals surface area (Å²) in [4.78, 5) is 17.0. The van der Waals surface area contributed by atoms with Gasteiger partial charge in [-0.3, -0.25) is 4.79 Å². The molecule has 2 unspecified atom stereocenters. The zero-order valence-corrected chi connectivity index (χ0v) is 13.4. The molecule has 0 saturated heterocycles. The van der Waals surface area contributed by atoms with Crippen LogP contribution in [0.5, 0.6) is 0 Å². The first-order valence-corrected chi connectivity index (χ1v) is 8.19. The molecule has 1 amide bonds. The largest absolute Gasteiger partial charge is 0.370 e. The summed E-state index contributed by atoms with van der Waals surface area (Å²) in [6, 6.07) is 4.07. The van der Waals surface area contributed by atoms with Gasteiger partial charge >= 0.3 is 0 Å². The van der Waals surface area contributed by atoms with Gasteiger partial charge in [-0.2, -0.15) is 0 Å². The van der Waals surface area contributed by atoms with E-state index in [0.29, 0.717) is 12.0 Å². The maximum absolute atomic E-state index is 12.5. The standard InChI is InChI=1S/C17H27N3O/c1-4-14-10-13(11-16(19-14)18-5-2)17(21)20-15-9-7-6-8-12(15)3/h10-12,15H,4-9H2,1-3H3,(H,18,19)(H,20,21). The second kappa shape index (κ2) is 7.43. The number of nitrogens with one attached hydrogen (secondary N) is 2. The second-order valence-corrected chi connectivity index (χ2v) is 5.96. The van der Waals surface area contributed by atoms with E-state index in [0.717, 1.165) is 36.5 Å². The van der Waals surface area contributed by atoms with Crippen molar-refractivity contribution in [1.82, 2.24) is 10.3 Å². The van der Waals surface area contributed by atoms with Crippen LogP contribution in [0.1, 0.15) is 62.5 Å². The summed E-state index contributed by atoms with van der Waals surface area (Å²) in [6.07, 6.45) is 5.64. The minimum absolute atomic E-state index is 0.0324. The van der Waals surface area contributed by atoms with Gasteiger partial charge in [-0.1, -0.05) is 26.7 Å². The highest BCUT2D eigenvalue weighted by atomic mass is 16.1. The van der Waals surface area contributed by atoms with Crippen LogP contribution in [-0.4, -0.2) is 23.5 Å². The molecule has 0 spiro atoms. The Morgan fingerprint density at radius 1 is 1.29 bits per heavy atom. The van der Waals surface area contributed by atoms with Crippen LogP contribution in [0.4, 0.5) is 5.82 Å². The molecule has 2 atom stereocenters. The Balaban J connectivity index is 2.11. The van der Waals surface area contributed by atoms with Gasteiger partial charge in [0.05, 0.1) is 0 Å².